The van der Waals surface area contributed by atoms with Gasteiger partial charge in [0.2, 0.25) is 0 Å². The summed E-state index contributed by atoms with van der Waals surface area (Å²) in [5.74, 6) is 0.620. The van der Waals surface area contributed by atoms with Crippen LogP contribution in [-0.2, 0) is 11.2 Å². The monoisotopic (exact) mass is 339 g/mol. The van der Waals surface area contributed by atoms with Gasteiger partial charge < -0.3 is 14.8 Å². The topological polar surface area (TPSA) is 78.4 Å². The van der Waals surface area contributed by atoms with Crippen molar-refractivity contribution in [2.75, 3.05) is 14.1 Å². The highest BCUT2D eigenvalue weighted by atomic mass is 16.5. The third-order valence-corrected chi connectivity index (χ3v) is 4.22. The first-order valence-corrected chi connectivity index (χ1v) is 8.04. The number of benzene rings is 1. The number of nitrogens with one attached hydrogen (secondary N) is 1. The molecule has 25 heavy (non-hydrogen) atoms. The fourth-order valence-electron chi connectivity index (χ4n) is 2.80. The molecule has 1 unspecified atom stereocenters. The molecular formula is C19H21N3O3. The minimum atomic E-state index is -0.826. The van der Waals surface area contributed by atoms with Crippen molar-refractivity contribution in [1.29, 1.82) is 0 Å². The number of aromatic nitrogens is 2. The van der Waals surface area contributed by atoms with E-state index in [0.29, 0.717) is 12.2 Å². The number of aromatic amines is 1. The Labute approximate surface area is 146 Å². The number of hydrogen-bond acceptors (Lipinski definition) is 4. The average molecular weight is 339 g/mol. The fourth-order valence-corrected chi connectivity index (χ4v) is 2.80. The van der Waals surface area contributed by atoms with Crippen molar-refractivity contribution in [3.05, 3.63) is 53.9 Å². The molecule has 0 aliphatic rings. The van der Waals surface area contributed by atoms with E-state index in [1.165, 1.54) is 0 Å². The molecule has 130 valence electrons. The van der Waals surface area contributed by atoms with Gasteiger partial charge >= 0.3 is 5.97 Å². The maximum absolute atomic E-state index is 11.3. The molecule has 0 spiro atoms. The van der Waals surface area contributed by atoms with Crippen LogP contribution in [0.1, 0.15) is 11.1 Å². The zero-order valence-electron chi connectivity index (χ0n) is 14.5. The third kappa shape index (κ3) is 3.64. The van der Waals surface area contributed by atoms with Crippen molar-refractivity contribution in [2.24, 2.45) is 0 Å². The van der Waals surface area contributed by atoms with E-state index in [2.05, 4.69) is 9.97 Å². The van der Waals surface area contributed by atoms with Gasteiger partial charge in [-0.15, -0.1) is 0 Å². The highest BCUT2D eigenvalue weighted by Gasteiger charge is 2.20. The summed E-state index contributed by atoms with van der Waals surface area (Å²) in [4.78, 5) is 20.4. The summed E-state index contributed by atoms with van der Waals surface area (Å²) < 4.78 is 6.00. The van der Waals surface area contributed by atoms with Crippen LogP contribution in [-0.4, -0.2) is 46.1 Å². The summed E-state index contributed by atoms with van der Waals surface area (Å²) in [5, 5.41) is 10.2. The van der Waals surface area contributed by atoms with Gasteiger partial charge in [-0.3, -0.25) is 9.69 Å². The maximum Gasteiger partial charge on any atom is 0.321 e. The highest BCUT2D eigenvalue weighted by Crippen LogP contribution is 2.31. The number of H-pyrrole nitrogens is 1. The van der Waals surface area contributed by atoms with Gasteiger partial charge in [-0.05, 0) is 56.8 Å². The molecule has 0 bridgehead atoms. The van der Waals surface area contributed by atoms with Crippen molar-refractivity contribution >= 4 is 17.0 Å². The van der Waals surface area contributed by atoms with Crippen molar-refractivity contribution < 1.29 is 14.6 Å². The van der Waals surface area contributed by atoms with Crippen LogP contribution in [0.5, 0.6) is 11.5 Å². The standard InChI is InChI=1S/C19H21N3O3/c1-12-11-21-18-17(12)16(8-9-20-18)25-14-6-4-13(5-7-14)10-15(19(23)24)22(2)3/h4-9,11,15H,10H2,1-3H3,(H,20,21)(H,23,24). The molecule has 0 saturated heterocycles. The highest BCUT2D eigenvalue weighted by molar-refractivity contribution is 5.86. The van der Waals surface area contributed by atoms with Crippen molar-refractivity contribution in [1.82, 2.24) is 14.9 Å². The lowest BCUT2D eigenvalue weighted by atomic mass is 10.1. The average Bonchev–Trinajstić information content (AvgIpc) is 2.96. The quantitative estimate of drug-likeness (QED) is 0.721. The first-order chi connectivity index (χ1) is 12.0. The van der Waals surface area contributed by atoms with Gasteiger partial charge in [-0.25, -0.2) is 4.98 Å². The Morgan fingerprint density at radius 3 is 2.64 bits per heavy atom. The second-order valence-electron chi connectivity index (χ2n) is 6.27. The second-order valence-corrected chi connectivity index (χ2v) is 6.27. The largest absolute Gasteiger partial charge is 0.480 e. The lowest BCUT2D eigenvalue weighted by Crippen LogP contribution is -2.37. The van der Waals surface area contributed by atoms with E-state index in [1.807, 2.05) is 43.5 Å². The number of pyridine rings is 1. The Morgan fingerprint density at radius 1 is 1.28 bits per heavy atom. The molecule has 2 N–H and O–H groups in total. The molecule has 3 aromatic rings. The fraction of sp³-hybridized carbons (Fsp3) is 0.263. The molecule has 1 aromatic carbocycles. The SMILES string of the molecule is Cc1c[nH]c2nccc(Oc3ccc(CC(C(=O)O)N(C)C)cc3)c12. The van der Waals surface area contributed by atoms with Crippen LogP contribution in [0, 0.1) is 6.92 Å². The van der Waals surface area contributed by atoms with Crippen LogP contribution >= 0.6 is 0 Å². The van der Waals surface area contributed by atoms with Crippen LogP contribution in [0.25, 0.3) is 11.0 Å². The zero-order chi connectivity index (χ0) is 18.0. The van der Waals surface area contributed by atoms with Gasteiger partial charge in [-0.1, -0.05) is 12.1 Å². The number of rotatable bonds is 6. The number of carboxylic acid groups (broad SMARTS) is 1. The zero-order valence-corrected chi connectivity index (χ0v) is 14.5. The summed E-state index contributed by atoms with van der Waals surface area (Å²) in [5.41, 5.74) is 2.82. The first kappa shape index (κ1) is 17.0. The molecule has 1 atom stereocenters. The van der Waals surface area contributed by atoms with E-state index < -0.39 is 12.0 Å². The van der Waals surface area contributed by atoms with Crippen molar-refractivity contribution in [3.8, 4) is 11.5 Å². The molecule has 3 rings (SSSR count). The van der Waals surface area contributed by atoms with E-state index in [0.717, 1.165) is 27.9 Å². The van der Waals surface area contributed by atoms with E-state index in [-0.39, 0.29) is 0 Å². The number of carbonyl (C=O) groups is 1. The van der Waals surface area contributed by atoms with Crippen LogP contribution in [0.4, 0.5) is 0 Å². The molecule has 2 heterocycles. The molecule has 0 saturated carbocycles. The molecule has 0 aliphatic carbocycles. The Kier molecular flexibility index (Phi) is 4.72. The Balaban J connectivity index is 1.78. The van der Waals surface area contributed by atoms with Gasteiger partial charge in [-0.2, -0.15) is 0 Å². The van der Waals surface area contributed by atoms with Crippen LogP contribution < -0.4 is 4.74 Å². The molecule has 0 fully saturated rings. The molecule has 2 aromatic heterocycles. The van der Waals surface area contributed by atoms with Crippen LogP contribution in [0.3, 0.4) is 0 Å². The predicted molar refractivity (Wildman–Crippen MR) is 96.2 cm³/mol. The summed E-state index contributed by atoms with van der Waals surface area (Å²) in [7, 11) is 3.54. The number of likely N-dealkylation sites (N-methyl/N-ethyl adjacent to an activating group) is 1. The van der Waals surface area contributed by atoms with E-state index in [4.69, 9.17) is 4.74 Å². The minimum absolute atomic E-state index is 0.443. The second kappa shape index (κ2) is 6.94. The predicted octanol–water partition coefficient (Wildman–Crippen LogP) is 3.22. The summed E-state index contributed by atoms with van der Waals surface area (Å²) in [6, 6.07) is 8.81. The van der Waals surface area contributed by atoms with Gasteiger partial charge in [0.1, 0.15) is 23.2 Å². The summed E-state index contributed by atoms with van der Waals surface area (Å²) in [6.07, 6.45) is 4.05. The van der Waals surface area contributed by atoms with Gasteiger partial charge in [0.25, 0.3) is 0 Å². The smallest absolute Gasteiger partial charge is 0.321 e. The van der Waals surface area contributed by atoms with E-state index in [9.17, 15) is 9.90 Å². The summed E-state index contributed by atoms with van der Waals surface area (Å²) in [6.45, 7) is 2.00. The Morgan fingerprint density at radius 2 is 2.00 bits per heavy atom. The molecule has 0 aliphatic heterocycles. The number of nitrogens with zero attached hydrogens (tertiary/aromatic N) is 2. The number of hydrogen-bond donors (Lipinski definition) is 2. The molecule has 6 heteroatoms. The third-order valence-electron chi connectivity index (χ3n) is 4.22. The molecule has 0 radical (unpaired) electrons. The molecule has 6 nitrogen and oxygen atoms in total. The van der Waals surface area contributed by atoms with Crippen LogP contribution in [0.15, 0.2) is 42.7 Å². The van der Waals surface area contributed by atoms with Crippen LogP contribution in [0.2, 0.25) is 0 Å². The summed E-state index contributed by atoms with van der Waals surface area (Å²) >= 11 is 0. The van der Waals surface area contributed by atoms with Crippen molar-refractivity contribution in [2.45, 2.75) is 19.4 Å². The number of ether oxygens (including phenoxy) is 1. The lowest BCUT2D eigenvalue weighted by molar-refractivity contribution is -0.142. The first-order valence-electron chi connectivity index (χ1n) is 8.04. The van der Waals surface area contributed by atoms with Gasteiger partial charge in [0, 0.05) is 12.4 Å². The van der Waals surface area contributed by atoms with E-state index in [1.54, 1.807) is 25.2 Å². The Bertz CT molecular complexity index is 885. The number of aryl methyl sites for hydroxylation is 1. The Hall–Kier alpha value is -2.86. The van der Waals surface area contributed by atoms with Gasteiger partial charge in [0.15, 0.2) is 0 Å². The normalized spacial score (nSPS) is 12.5. The molecular weight excluding hydrogens is 318 g/mol. The number of carboxylic acids is 1. The number of aliphatic carboxylic acids is 1. The lowest BCUT2D eigenvalue weighted by Gasteiger charge is -2.20. The van der Waals surface area contributed by atoms with Crippen molar-refractivity contribution in [3.63, 3.8) is 0 Å². The van der Waals surface area contributed by atoms with Gasteiger partial charge in [0.05, 0.1) is 5.39 Å². The minimum Gasteiger partial charge on any atom is -0.480 e. The maximum atomic E-state index is 11.3. The van der Waals surface area contributed by atoms with E-state index >= 15 is 0 Å². The molecule has 0 amide bonds. The number of fused-ring (bicyclic) bond motifs is 1.